The molecule has 0 radical (unpaired) electrons. The Morgan fingerprint density at radius 3 is 1.68 bits per heavy atom. The normalized spacial score (nSPS) is 10.9. The number of hydrogen-bond donors (Lipinski definition) is 1. The van der Waals surface area contributed by atoms with E-state index in [4.69, 9.17) is 4.42 Å². The Morgan fingerprint density at radius 2 is 0.955 bits per heavy atom. The van der Waals surface area contributed by atoms with Gasteiger partial charge in [-0.3, -0.25) is 0 Å². The van der Waals surface area contributed by atoms with Crippen molar-refractivity contribution in [3.63, 3.8) is 0 Å². The second-order valence-corrected chi connectivity index (χ2v) is 16.5. The van der Waals surface area contributed by atoms with Crippen molar-refractivity contribution in [2.24, 2.45) is 0 Å². The smallest absolute Gasteiger partial charge is 0.159 e. The minimum atomic E-state index is 0.902. The van der Waals surface area contributed by atoms with E-state index < -0.39 is 0 Å². The molecule has 66 heavy (non-hydrogen) atoms. The van der Waals surface area contributed by atoms with Gasteiger partial charge in [-0.05, 0) is 100 Å². The van der Waals surface area contributed by atoms with Crippen LogP contribution in [-0.4, -0.2) is 4.57 Å². The molecular weight excluding hydrogens is 821 g/mol. The summed E-state index contributed by atoms with van der Waals surface area (Å²) in [5.41, 5.74) is 13.3. The highest BCUT2D eigenvalue weighted by Crippen LogP contribution is 2.42. The van der Waals surface area contributed by atoms with E-state index in [-0.39, 0.29) is 0 Å². The first-order valence-corrected chi connectivity index (χ1v) is 22.5. The van der Waals surface area contributed by atoms with E-state index in [1.54, 1.807) is 12.2 Å². The molecule has 0 fully saturated rings. The van der Waals surface area contributed by atoms with Crippen LogP contribution in [0.25, 0.3) is 82.5 Å². The number of furan rings is 1. The van der Waals surface area contributed by atoms with Gasteiger partial charge in [-0.25, -0.2) is 0 Å². The van der Waals surface area contributed by atoms with Crippen molar-refractivity contribution < 1.29 is 4.42 Å². The number of fused-ring (bicyclic) bond motifs is 7. The summed E-state index contributed by atoms with van der Waals surface area (Å²) in [6.07, 6.45) is 3.28. The van der Waals surface area contributed by atoms with E-state index in [0.717, 1.165) is 60.6 Å². The maximum Gasteiger partial charge on any atom is 0.159 e. The second kappa shape index (κ2) is 18.8. The van der Waals surface area contributed by atoms with Gasteiger partial charge in [0.1, 0.15) is 5.58 Å². The average Bonchev–Trinajstić information content (AvgIpc) is 3.93. The molecule has 4 heteroatoms. The van der Waals surface area contributed by atoms with Crippen LogP contribution in [-0.2, 0) is 0 Å². The van der Waals surface area contributed by atoms with Gasteiger partial charge in [0.05, 0.1) is 22.4 Å². The Hall–Kier alpha value is -8.31. The van der Waals surface area contributed by atoms with E-state index in [0.29, 0.717) is 0 Å². The van der Waals surface area contributed by atoms with Crippen LogP contribution in [0.15, 0.2) is 271 Å². The highest BCUT2D eigenvalue weighted by Gasteiger charge is 2.19. The van der Waals surface area contributed by atoms with Crippen molar-refractivity contribution in [3.05, 3.63) is 262 Å². The molecule has 3 nitrogen and oxygen atoms in total. The van der Waals surface area contributed by atoms with E-state index >= 15 is 0 Å². The molecule has 0 atom stereocenters. The third-order valence-corrected chi connectivity index (χ3v) is 12.2. The Morgan fingerprint density at radius 1 is 0.409 bits per heavy atom. The maximum atomic E-state index is 6.50. The number of benzene rings is 10. The molecule has 12 aromatic rings. The summed E-state index contributed by atoms with van der Waals surface area (Å²) in [6, 6.07) is 83.7. The van der Waals surface area contributed by atoms with Crippen molar-refractivity contribution in [2.75, 3.05) is 4.90 Å². The third kappa shape index (κ3) is 8.18. The summed E-state index contributed by atoms with van der Waals surface area (Å²) in [4.78, 5) is 3.38. The lowest BCUT2D eigenvalue weighted by molar-refractivity contribution is 0.666. The lowest BCUT2D eigenvalue weighted by Crippen LogP contribution is -2.10. The fourth-order valence-corrected chi connectivity index (χ4v) is 9.01. The van der Waals surface area contributed by atoms with Gasteiger partial charge >= 0.3 is 0 Å². The molecule has 0 unspecified atom stereocenters. The zero-order valence-corrected chi connectivity index (χ0v) is 37.2. The first-order chi connectivity index (χ1) is 32.6. The number of allylic oxidation sites excluding steroid dienone is 2. The van der Waals surface area contributed by atoms with Crippen LogP contribution in [0.4, 0.5) is 17.1 Å². The summed E-state index contributed by atoms with van der Waals surface area (Å²) >= 11 is 4.08. The van der Waals surface area contributed by atoms with Gasteiger partial charge in [0.25, 0.3) is 0 Å². The number of anilines is 3. The van der Waals surface area contributed by atoms with E-state index in [1.807, 2.05) is 42.5 Å². The molecule has 0 saturated carbocycles. The molecule has 0 aliphatic rings. The Labute approximate surface area is 390 Å². The summed E-state index contributed by atoms with van der Waals surface area (Å²) in [6.45, 7) is 6.72. The molecule has 0 bridgehead atoms. The molecule has 0 aliphatic heterocycles. The van der Waals surface area contributed by atoms with Crippen LogP contribution < -0.4 is 4.90 Å². The van der Waals surface area contributed by atoms with Crippen LogP contribution in [0.3, 0.4) is 0 Å². The largest absolute Gasteiger partial charge is 0.454 e. The Bertz CT molecular complexity index is 3630. The van der Waals surface area contributed by atoms with Gasteiger partial charge in [0, 0.05) is 43.2 Å². The van der Waals surface area contributed by atoms with Crippen LogP contribution >= 0.6 is 12.6 Å². The van der Waals surface area contributed by atoms with E-state index in [2.05, 4.69) is 229 Å². The number of rotatable bonds is 7. The van der Waals surface area contributed by atoms with Crippen LogP contribution in [0.1, 0.15) is 0 Å². The van der Waals surface area contributed by atoms with Crippen molar-refractivity contribution >= 4 is 84.2 Å². The van der Waals surface area contributed by atoms with Gasteiger partial charge in [0.2, 0.25) is 0 Å². The Balaban J connectivity index is 0.000000414. The van der Waals surface area contributed by atoms with Gasteiger partial charge < -0.3 is 13.9 Å². The maximum absolute atomic E-state index is 6.50. The highest BCUT2D eigenvalue weighted by atomic mass is 32.1. The molecule has 0 saturated heterocycles. The number of hydrogen-bond acceptors (Lipinski definition) is 3. The van der Waals surface area contributed by atoms with Crippen LogP contribution in [0.2, 0.25) is 0 Å². The van der Waals surface area contributed by atoms with Crippen LogP contribution in [0.5, 0.6) is 0 Å². The molecule has 2 heterocycles. The van der Waals surface area contributed by atoms with Gasteiger partial charge in [-0.2, -0.15) is 0 Å². The summed E-state index contributed by atoms with van der Waals surface area (Å²) in [5, 5.41) is 7.13. The first-order valence-electron chi connectivity index (χ1n) is 22.0. The minimum Gasteiger partial charge on any atom is -0.454 e. The fraction of sp³-hybridized carbons (Fsp3) is 0. The topological polar surface area (TPSA) is 21.3 Å². The number of para-hydroxylation sites is 4. The SMILES string of the molecule is C=CC=C.Sc1ccccc1.c1ccc(N(c2cccc(-c3ccc(-c4ccc5c(c4)c4ccccc4n5-c4cccc5c4oc4ccccc45)cc3)c2)c2cccc3ccccc23)cc1. The number of aromatic nitrogens is 1. The van der Waals surface area contributed by atoms with Gasteiger partial charge in [-0.15, -0.1) is 12.6 Å². The molecule has 0 spiro atoms. The second-order valence-electron chi connectivity index (χ2n) is 15.9. The number of thiol groups is 1. The van der Waals surface area contributed by atoms with Crippen molar-refractivity contribution in [1.82, 2.24) is 4.57 Å². The third-order valence-electron chi connectivity index (χ3n) is 11.9. The zero-order valence-electron chi connectivity index (χ0n) is 36.3. The molecule has 0 amide bonds. The van der Waals surface area contributed by atoms with E-state index in [1.165, 1.54) is 43.8 Å². The average molecular weight is 867 g/mol. The van der Waals surface area contributed by atoms with Crippen molar-refractivity contribution in [2.45, 2.75) is 4.90 Å². The Kier molecular flexibility index (Phi) is 11.9. The molecule has 0 aliphatic carbocycles. The summed E-state index contributed by atoms with van der Waals surface area (Å²) in [7, 11) is 0. The quantitative estimate of drug-likeness (QED) is 0.127. The summed E-state index contributed by atoms with van der Waals surface area (Å²) < 4.78 is 8.86. The van der Waals surface area contributed by atoms with Gasteiger partial charge in [0.15, 0.2) is 5.58 Å². The standard InChI is InChI=1S/C52H34N2O.C6H6S.C4H6/c1-2-16-40(17-3-1)53(47-24-11-14-37-13-4-5-19-42(37)47)41-18-10-15-38(33-41)35-27-29-36(30-28-35)39-31-32-49-46(34-39)43-20-6-8-23-48(43)54(49)50-25-12-22-45-44-21-7-9-26-51(44)55-52(45)50;7-6-4-2-1-3-5-6;1-3-4-2/h1-34H;1-5,7H;3-4H,1-2H2. The predicted molar refractivity (Wildman–Crippen MR) is 285 cm³/mol. The predicted octanol–water partition coefficient (Wildman–Crippen LogP) is 18.0. The first kappa shape index (κ1) is 41.7. The number of nitrogens with zero attached hydrogens (tertiary/aromatic N) is 2. The molecule has 316 valence electrons. The van der Waals surface area contributed by atoms with E-state index in [9.17, 15) is 0 Å². The minimum absolute atomic E-state index is 0.902. The fourth-order valence-electron chi connectivity index (χ4n) is 8.84. The highest BCUT2D eigenvalue weighted by molar-refractivity contribution is 7.80. The van der Waals surface area contributed by atoms with Crippen molar-refractivity contribution in [1.29, 1.82) is 0 Å². The zero-order chi connectivity index (χ0) is 44.8. The summed E-state index contributed by atoms with van der Waals surface area (Å²) in [5.74, 6) is 0. The van der Waals surface area contributed by atoms with Crippen molar-refractivity contribution in [3.8, 4) is 27.9 Å². The molecule has 0 N–H and O–H groups in total. The molecule has 12 rings (SSSR count). The molecule has 2 aromatic heterocycles. The lowest BCUT2D eigenvalue weighted by atomic mass is 9.98. The molecule has 10 aromatic carbocycles. The molecular formula is C62H46N2OS. The van der Waals surface area contributed by atoms with Crippen LogP contribution in [0, 0.1) is 0 Å². The monoisotopic (exact) mass is 866 g/mol. The van der Waals surface area contributed by atoms with Gasteiger partial charge in [-0.1, -0.05) is 189 Å². The lowest BCUT2D eigenvalue weighted by Gasteiger charge is -2.27.